The number of aromatic nitrogens is 2. The van der Waals surface area contributed by atoms with Gasteiger partial charge in [-0.2, -0.15) is 0 Å². The lowest BCUT2D eigenvalue weighted by Crippen LogP contribution is -2.34. The Bertz CT molecular complexity index is 612. The van der Waals surface area contributed by atoms with Crippen LogP contribution < -0.4 is 0 Å². The van der Waals surface area contributed by atoms with Gasteiger partial charge in [-0.25, -0.2) is 4.98 Å². The lowest BCUT2D eigenvalue weighted by Gasteiger charge is -2.31. The van der Waals surface area contributed by atoms with Gasteiger partial charge in [-0.05, 0) is 56.9 Å². The van der Waals surface area contributed by atoms with Crippen molar-refractivity contribution in [3.63, 3.8) is 0 Å². The summed E-state index contributed by atoms with van der Waals surface area (Å²) in [6.07, 6.45) is 2.56. The fourth-order valence-electron chi connectivity index (χ4n) is 3.38. The Hall–Kier alpha value is -1.06. The highest BCUT2D eigenvalue weighted by Crippen LogP contribution is 2.25. The van der Waals surface area contributed by atoms with Crippen molar-refractivity contribution in [2.75, 3.05) is 19.6 Å². The predicted molar refractivity (Wildman–Crippen MR) is 88.9 cm³/mol. The molecular weight excluding hydrogens is 282 g/mol. The van der Waals surface area contributed by atoms with E-state index < -0.39 is 0 Å². The van der Waals surface area contributed by atoms with Crippen molar-refractivity contribution in [2.24, 2.45) is 5.92 Å². The summed E-state index contributed by atoms with van der Waals surface area (Å²) in [7, 11) is 0. The number of hydrogen-bond donors (Lipinski definition) is 0. The van der Waals surface area contributed by atoms with Crippen LogP contribution in [-0.4, -0.2) is 34.1 Å². The molecule has 2 heterocycles. The monoisotopic (exact) mass is 305 g/mol. The third kappa shape index (κ3) is 2.95. The Kier molecular flexibility index (Phi) is 4.51. The van der Waals surface area contributed by atoms with Crippen LogP contribution in [0.1, 0.15) is 31.2 Å². The smallest absolute Gasteiger partial charge is 0.124 e. The van der Waals surface area contributed by atoms with Crippen LogP contribution in [0.25, 0.3) is 11.0 Å². The largest absolute Gasteiger partial charge is 0.327 e. The highest BCUT2D eigenvalue weighted by atomic mass is 35.5. The molecule has 0 bridgehead atoms. The van der Waals surface area contributed by atoms with Crippen LogP contribution in [0.15, 0.2) is 18.2 Å². The summed E-state index contributed by atoms with van der Waals surface area (Å²) in [6.45, 7) is 9.05. The molecule has 1 aromatic heterocycles. The molecule has 0 aliphatic carbocycles. The fourth-order valence-corrected chi connectivity index (χ4v) is 3.59. The summed E-state index contributed by atoms with van der Waals surface area (Å²) in [5, 5.41) is 0. The van der Waals surface area contributed by atoms with Crippen molar-refractivity contribution in [3.05, 3.63) is 29.6 Å². The van der Waals surface area contributed by atoms with E-state index in [-0.39, 0.29) is 0 Å². The highest BCUT2D eigenvalue weighted by Gasteiger charge is 2.21. The first-order valence-electron chi connectivity index (χ1n) is 7.96. The molecule has 0 amide bonds. The van der Waals surface area contributed by atoms with Gasteiger partial charge in [-0.1, -0.05) is 19.1 Å². The molecule has 3 nitrogen and oxygen atoms in total. The zero-order valence-electron chi connectivity index (χ0n) is 13.0. The molecule has 0 radical (unpaired) electrons. The molecule has 0 saturated carbocycles. The maximum absolute atomic E-state index is 6.13. The van der Waals surface area contributed by atoms with Crippen LogP contribution in [0.2, 0.25) is 0 Å². The Morgan fingerprint density at radius 1 is 1.29 bits per heavy atom. The number of alkyl halides is 1. The van der Waals surface area contributed by atoms with Crippen molar-refractivity contribution in [2.45, 2.75) is 39.1 Å². The second kappa shape index (κ2) is 6.37. The average Bonchev–Trinajstić information content (AvgIpc) is 2.87. The molecule has 0 spiro atoms. The highest BCUT2D eigenvalue weighted by molar-refractivity contribution is 6.16. The fraction of sp³-hybridized carbons (Fsp3) is 0.588. The van der Waals surface area contributed by atoms with E-state index >= 15 is 0 Å². The van der Waals surface area contributed by atoms with Gasteiger partial charge < -0.3 is 9.47 Å². The number of hydrogen-bond acceptors (Lipinski definition) is 2. The average molecular weight is 306 g/mol. The number of piperidine rings is 1. The number of imidazole rings is 1. The molecule has 114 valence electrons. The van der Waals surface area contributed by atoms with Crippen molar-refractivity contribution in [1.82, 2.24) is 14.5 Å². The minimum Gasteiger partial charge on any atom is -0.327 e. The topological polar surface area (TPSA) is 21.1 Å². The number of aryl methyl sites for hydroxylation is 1. The van der Waals surface area contributed by atoms with Gasteiger partial charge in [-0.15, -0.1) is 11.6 Å². The number of halogens is 1. The summed E-state index contributed by atoms with van der Waals surface area (Å²) >= 11 is 6.13. The predicted octanol–water partition coefficient (Wildman–Crippen LogP) is 3.82. The van der Waals surface area contributed by atoms with Gasteiger partial charge in [0.2, 0.25) is 0 Å². The van der Waals surface area contributed by atoms with E-state index in [0.29, 0.717) is 5.88 Å². The van der Waals surface area contributed by atoms with Gasteiger partial charge in [0.05, 0.1) is 16.9 Å². The zero-order chi connectivity index (χ0) is 14.8. The van der Waals surface area contributed by atoms with E-state index in [0.717, 1.165) is 23.8 Å². The molecule has 0 N–H and O–H groups in total. The van der Waals surface area contributed by atoms with Crippen LogP contribution >= 0.6 is 11.6 Å². The molecule has 3 rings (SSSR count). The van der Waals surface area contributed by atoms with E-state index in [4.69, 9.17) is 16.6 Å². The molecule has 2 aromatic rings. The van der Waals surface area contributed by atoms with Crippen LogP contribution in [-0.2, 0) is 12.4 Å². The molecule has 1 aromatic carbocycles. The molecule has 21 heavy (non-hydrogen) atoms. The summed E-state index contributed by atoms with van der Waals surface area (Å²) in [6, 6.07) is 6.41. The quantitative estimate of drug-likeness (QED) is 0.801. The normalized spacial score (nSPS) is 17.7. The minimum absolute atomic E-state index is 0.488. The van der Waals surface area contributed by atoms with Crippen LogP contribution in [0.4, 0.5) is 0 Å². The van der Waals surface area contributed by atoms with Crippen LogP contribution in [0.5, 0.6) is 0 Å². The Morgan fingerprint density at radius 2 is 2.05 bits per heavy atom. The lowest BCUT2D eigenvalue weighted by atomic mass is 9.96. The Balaban J connectivity index is 1.85. The molecular formula is C17H24ClN3. The van der Waals surface area contributed by atoms with Gasteiger partial charge in [0.25, 0.3) is 0 Å². The van der Waals surface area contributed by atoms with E-state index in [1.807, 2.05) is 0 Å². The SMILES string of the molecule is CCN1CCC(Cn2c(CCl)nc3c(C)cccc32)CC1. The van der Waals surface area contributed by atoms with Crippen molar-refractivity contribution in [3.8, 4) is 0 Å². The van der Waals surface area contributed by atoms with Crippen LogP contribution in [0.3, 0.4) is 0 Å². The molecule has 1 aliphatic heterocycles. The van der Waals surface area contributed by atoms with Crippen LogP contribution in [0, 0.1) is 12.8 Å². The standard InChI is InChI=1S/C17H24ClN3/c1-3-20-9-7-14(8-10-20)12-21-15-6-4-5-13(2)17(15)19-16(21)11-18/h4-6,14H,3,7-12H2,1-2H3. The molecule has 1 saturated heterocycles. The van der Waals surface area contributed by atoms with Gasteiger partial charge >= 0.3 is 0 Å². The molecule has 1 fully saturated rings. The van der Waals surface area contributed by atoms with E-state index in [9.17, 15) is 0 Å². The number of likely N-dealkylation sites (tertiary alicyclic amines) is 1. The third-order valence-corrected chi connectivity index (χ3v) is 5.01. The van der Waals surface area contributed by atoms with Crippen molar-refractivity contribution in [1.29, 1.82) is 0 Å². The van der Waals surface area contributed by atoms with Gasteiger partial charge in [-0.3, -0.25) is 0 Å². The number of para-hydroxylation sites is 1. The van der Waals surface area contributed by atoms with Gasteiger partial charge in [0, 0.05) is 6.54 Å². The van der Waals surface area contributed by atoms with Crippen molar-refractivity contribution < 1.29 is 0 Å². The lowest BCUT2D eigenvalue weighted by molar-refractivity contribution is 0.181. The number of rotatable bonds is 4. The van der Waals surface area contributed by atoms with Gasteiger partial charge in [0.15, 0.2) is 0 Å². The zero-order valence-corrected chi connectivity index (χ0v) is 13.7. The first-order valence-corrected chi connectivity index (χ1v) is 8.49. The number of benzene rings is 1. The second-order valence-electron chi connectivity index (χ2n) is 6.09. The van der Waals surface area contributed by atoms with E-state index in [1.165, 1.54) is 43.6 Å². The number of fused-ring (bicyclic) bond motifs is 1. The molecule has 4 heteroatoms. The van der Waals surface area contributed by atoms with E-state index in [1.54, 1.807) is 0 Å². The first-order chi connectivity index (χ1) is 10.2. The summed E-state index contributed by atoms with van der Waals surface area (Å²) in [5.74, 6) is 2.24. The minimum atomic E-state index is 0.488. The van der Waals surface area contributed by atoms with Gasteiger partial charge in [0.1, 0.15) is 5.82 Å². The molecule has 1 aliphatic rings. The number of nitrogens with zero attached hydrogens (tertiary/aromatic N) is 3. The Labute approximate surface area is 131 Å². The summed E-state index contributed by atoms with van der Waals surface area (Å²) in [4.78, 5) is 7.28. The molecule has 0 atom stereocenters. The first kappa shape index (κ1) is 14.9. The van der Waals surface area contributed by atoms with E-state index in [2.05, 4.69) is 41.5 Å². The summed E-state index contributed by atoms with van der Waals surface area (Å²) < 4.78 is 2.35. The maximum atomic E-state index is 6.13. The summed E-state index contributed by atoms with van der Waals surface area (Å²) in [5.41, 5.74) is 3.58. The molecule has 0 unspecified atom stereocenters. The second-order valence-corrected chi connectivity index (χ2v) is 6.36. The third-order valence-electron chi connectivity index (χ3n) is 4.77. The maximum Gasteiger partial charge on any atom is 0.124 e. The Morgan fingerprint density at radius 3 is 2.71 bits per heavy atom. The van der Waals surface area contributed by atoms with Crippen molar-refractivity contribution >= 4 is 22.6 Å².